The molecule has 0 amide bonds. The summed E-state index contributed by atoms with van der Waals surface area (Å²) in [5, 5.41) is 17.0. The van der Waals surface area contributed by atoms with Crippen molar-refractivity contribution in [3.63, 3.8) is 0 Å². The average molecular weight is 345 g/mol. The van der Waals surface area contributed by atoms with Crippen LogP contribution in [0.2, 0.25) is 0 Å². The quantitative estimate of drug-likeness (QED) is 0.345. The Bertz CT molecular complexity index is 317. The van der Waals surface area contributed by atoms with Crippen molar-refractivity contribution in [2.45, 2.75) is 26.1 Å². The predicted octanol–water partition coefficient (Wildman–Crippen LogP) is 1.51. The van der Waals surface area contributed by atoms with Gasteiger partial charge < -0.3 is 24.4 Å². The summed E-state index contributed by atoms with van der Waals surface area (Å²) in [6.07, 6.45) is -3.55. The molecule has 0 aromatic heterocycles. The van der Waals surface area contributed by atoms with E-state index in [9.17, 15) is 9.59 Å². The molecule has 0 rings (SSSR count). The average Bonchev–Trinajstić information content (AvgIpc) is 2.41. The minimum Gasteiger partial charge on any atom is -0.433 e. The van der Waals surface area contributed by atoms with E-state index < -0.39 is 24.5 Å². The Hall–Kier alpha value is -1.20. The Kier molecular flexibility index (Phi) is 16.0. The zero-order valence-electron chi connectivity index (χ0n) is 11.7. The third-order valence-electron chi connectivity index (χ3n) is 1.26. The van der Waals surface area contributed by atoms with Gasteiger partial charge in [0.15, 0.2) is 0 Å². The molecule has 0 saturated carbocycles. The van der Waals surface area contributed by atoms with Crippen LogP contribution >= 0.6 is 23.2 Å². The van der Waals surface area contributed by atoms with Gasteiger partial charge in [0.25, 0.3) is 0 Å². The second kappa shape index (κ2) is 15.2. The molecule has 122 valence electrons. The molecule has 0 saturated heterocycles. The Morgan fingerprint density at radius 1 is 0.952 bits per heavy atom. The van der Waals surface area contributed by atoms with E-state index in [0.717, 1.165) is 0 Å². The molecule has 0 aromatic carbocycles. The van der Waals surface area contributed by atoms with E-state index in [1.807, 2.05) is 0 Å². The second-order valence-corrected chi connectivity index (χ2v) is 4.07. The summed E-state index contributed by atoms with van der Waals surface area (Å²) in [5.41, 5.74) is 0. The summed E-state index contributed by atoms with van der Waals surface area (Å²) in [4.78, 5) is 21.1. The van der Waals surface area contributed by atoms with Crippen LogP contribution in [0.1, 0.15) is 13.8 Å². The maximum atomic E-state index is 10.5. The van der Waals surface area contributed by atoms with Crippen molar-refractivity contribution in [2.75, 3.05) is 25.0 Å². The van der Waals surface area contributed by atoms with Crippen LogP contribution in [0.3, 0.4) is 0 Å². The second-order valence-electron chi connectivity index (χ2n) is 3.32. The van der Waals surface area contributed by atoms with Crippen molar-refractivity contribution >= 4 is 35.5 Å². The first-order valence-electron chi connectivity index (χ1n) is 5.84. The Balaban J connectivity index is 0. The first-order chi connectivity index (χ1) is 9.83. The normalized spacial score (nSPS) is 11.7. The lowest BCUT2D eigenvalue weighted by atomic mass is 10.3. The first-order valence-corrected chi connectivity index (χ1v) is 6.90. The van der Waals surface area contributed by atoms with Gasteiger partial charge in [-0.2, -0.15) is 0 Å². The van der Waals surface area contributed by atoms with Crippen molar-refractivity contribution < 1.29 is 34.0 Å². The molecule has 0 aliphatic carbocycles. The van der Waals surface area contributed by atoms with Crippen molar-refractivity contribution in [3.05, 3.63) is 0 Å². The maximum absolute atomic E-state index is 10.5. The van der Waals surface area contributed by atoms with E-state index in [0.29, 0.717) is 0 Å². The molecule has 0 heterocycles. The SMILES string of the molecule is CC(O)C#CC(C)O.O=C(OCCCl)OC(=O)OCCCl. The number of carbonyl (C=O) groups is 2. The van der Waals surface area contributed by atoms with Crippen molar-refractivity contribution in [2.24, 2.45) is 0 Å². The number of ether oxygens (including phenoxy) is 3. The molecule has 0 fully saturated rings. The van der Waals surface area contributed by atoms with Crippen molar-refractivity contribution in [1.82, 2.24) is 0 Å². The lowest BCUT2D eigenvalue weighted by molar-refractivity contribution is 0.0414. The summed E-state index contributed by atoms with van der Waals surface area (Å²) in [6, 6.07) is 0. The summed E-state index contributed by atoms with van der Waals surface area (Å²) < 4.78 is 12.6. The summed E-state index contributed by atoms with van der Waals surface area (Å²) in [5.74, 6) is 5.06. The fraction of sp³-hybridized carbons (Fsp3) is 0.667. The molecule has 2 atom stereocenters. The van der Waals surface area contributed by atoms with Gasteiger partial charge in [0.1, 0.15) is 25.4 Å². The maximum Gasteiger partial charge on any atom is 0.518 e. The van der Waals surface area contributed by atoms with Gasteiger partial charge in [-0.15, -0.1) is 23.2 Å². The number of carbonyl (C=O) groups excluding carboxylic acids is 2. The van der Waals surface area contributed by atoms with Gasteiger partial charge in [-0.25, -0.2) is 9.59 Å². The van der Waals surface area contributed by atoms with Crippen molar-refractivity contribution in [1.29, 1.82) is 0 Å². The standard InChI is InChI=1S/C6H8Cl2O5.C6H10O2/c7-1-3-11-5(9)13-6(10)12-4-2-8;1-5(7)3-4-6(2)8/h1-4H2;5-8H,1-2H3. The predicted molar refractivity (Wildman–Crippen MR) is 76.4 cm³/mol. The molecule has 2 N–H and O–H groups in total. The van der Waals surface area contributed by atoms with Gasteiger partial charge in [-0.3, -0.25) is 0 Å². The fourth-order valence-electron chi connectivity index (χ4n) is 0.612. The number of aliphatic hydroxyl groups excluding tert-OH is 2. The molecule has 0 bridgehead atoms. The Labute approximate surface area is 133 Å². The zero-order chi connectivity index (χ0) is 16.7. The monoisotopic (exact) mass is 344 g/mol. The van der Waals surface area contributed by atoms with Gasteiger partial charge in [-0.05, 0) is 13.8 Å². The van der Waals surface area contributed by atoms with Crippen LogP contribution in [0.4, 0.5) is 9.59 Å². The Morgan fingerprint density at radius 3 is 1.52 bits per heavy atom. The summed E-state index contributed by atoms with van der Waals surface area (Å²) in [7, 11) is 0. The topological polar surface area (TPSA) is 102 Å². The van der Waals surface area contributed by atoms with E-state index in [1.54, 1.807) is 13.8 Å². The van der Waals surface area contributed by atoms with Gasteiger partial charge in [-0.1, -0.05) is 11.8 Å². The molecule has 0 spiro atoms. The molecule has 0 aliphatic rings. The third-order valence-corrected chi connectivity index (χ3v) is 1.57. The summed E-state index contributed by atoms with van der Waals surface area (Å²) in [6.45, 7) is 3.05. The van der Waals surface area contributed by atoms with Crippen LogP contribution in [0.25, 0.3) is 0 Å². The zero-order valence-corrected chi connectivity index (χ0v) is 13.2. The molecular weight excluding hydrogens is 327 g/mol. The van der Waals surface area contributed by atoms with Crippen LogP contribution in [0.15, 0.2) is 0 Å². The van der Waals surface area contributed by atoms with Crippen LogP contribution in [-0.2, 0) is 14.2 Å². The highest BCUT2D eigenvalue weighted by Gasteiger charge is 2.11. The Morgan fingerprint density at radius 2 is 1.29 bits per heavy atom. The van der Waals surface area contributed by atoms with Gasteiger partial charge in [0.2, 0.25) is 0 Å². The highest BCUT2D eigenvalue weighted by atomic mass is 35.5. The van der Waals surface area contributed by atoms with E-state index >= 15 is 0 Å². The van der Waals surface area contributed by atoms with E-state index in [4.69, 9.17) is 33.4 Å². The number of aliphatic hydroxyl groups is 2. The number of alkyl halides is 2. The molecule has 9 heteroatoms. The van der Waals surface area contributed by atoms with Gasteiger partial charge >= 0.3 is 12.3 Å². The van der Waals surface area contributed by atoms with E-state index in [2.05, 4.69) is 26.1 Å². The van der Waals surface area contributed by atoms with Gasteiger partial charge in [0, 0.05) is 0 Å². The highest BCUT2D eigenvalue weighted by molar-refractivity contribution is 6.18. The van der Waals surface area contributed by atoms with Crippen LogP contribution in [0, 0.1) is 11.8 Å². The number of halogens is 2. The molecule has 2 unspecified atom stereocenters. The van der Waals surface area contributed by atoms with Crippen LogP contribution in [-0.4, -0.2) is 59.7 Å². The van der Waals surface area contributed by atoms with Crippen molar-refractivity contribution in [3.8, 4) is 11.8 Å². The third kappa shape index (κ3) is 21.3. The molecule has 0 aromatic rings. The highest BCUT2D eigenvalue weighted by Crippen LogP contribution is 1.91. The largest absolute Gasteiger partial charge is 0.518 e. The minimum atomic E-state index is -1.14. The summed E-state index contributed by atoms with van der Waals surface area (Å²) >= 11 is 10.4. The molecule has 21 heavy (non-hydrogen) atoms. The molecule has 0 radical (unpaired) electrons. The smallest absolute Gasteiger partial charge is 0.433 e. The minimum absolute atomic E-state index is 0.0246. The van der Waals surface area contributed by atoms with E-state index in [1.165, 1.54) is 0 Å². The number of rotatable bonds is 4. The first kappa shape index (κ1) is 22.1. The molecule has 0 aliphatic heterocycles. The molecular formula is C12H18Cl2O7. The van der Waals surface area contributed by atoms with Crippen LogP contribution in [0.5, 0.6) is 0 Å². The number of hydrogen-bond acceptors (Lipinski definition) is 7. The number of hydrogen-bond donors (Lipinski definition) is 2. The van der Waals surface area contributed by atoms with E-state index in [-0.39, 0.29) is 25.0 Å². The van der Waals surface area contributed by atoms with Crippen LogP contribution < -0.4 is 0 Å². The fourth-order valence-corrected chi connectivity index (χ4v) is 0.766. The van der Waals surface area contributed by atoms with Gasteiger partial charge in [0.05, 0.1) is 11.8 Å². The molecule has 7 nitrogen and oxygen atoms in total. The lowest BCUT2D eigenvalue weighted by Gasteiger charge is -2.02. The lowest BCUT2D eigenvalue weighted by Crippen LogP contribution is -2.16.